The first-order valence-electron chi connectivity index (χ1n) is 11.5. The van der Waals surface area contributed by atoms with E-state index in [-0.39, 0.29) is 30.1 Å². The Hall–Kier alpha value is -3.88. The average molecular weight is 463 g/mol. The summed E-state index contributed by atoms with van der Waals surface area (Å²) in [5, 5.41) is 2.94. The Balaban J connectivity index is 1.24. The maximum atomic E-state index is 13.1. The van der Waals surface area contributed by atoms with Gasteiger partial charge in [-0.2, -0.15) is 0 Å². The van der Waals surface area contributed by atoms with E-state index in [4.69, 9.17) is 9.47 Å². The molecule has 0 unspecified atom stereocenters. The van der Waals surface area contributed by atoms with Crippen molar-refractivity contribution in [1.82, 2.24) is 14.5 Å². The molecule has 2 aliphatic heterocycles. The van der Waals surface area contributed by atoms with Gasteiger partial charge in [-0.05, 0) is 57.0 Å². The zero-order valence-corrected chi connectivity index (χ0v) is 19.2. The molecule has 0 bridgehead atoms. The van der Waals surface area contributed by atoms with Crippen LogP contribution >= 0.6 is 0 Å². The van der Waals surface area contributed by atoms with Crippen LogP contribution in [0.4, 0.5) is 5.69 Å². The minimum Gasteiger partial charge on any atom is -0.454 e. The number of hydrogen-bond donors (Lipinski definition) is 1. The summed E-state index contributed by atoms with van der Waals surface area (Å²) in [4.78, 5) is 44.4. The molecule has 3 heterocycles. The van der Waals surface area contributed by atoms with Crippen LogP contribution in [0.15, 0.2) is 41.2 Å². The van der Waals surface area contributed by atoms with Crippen LogP contribution in [0.3, 0.4) is 0 Å². The van der Waals surface area contributed by atoms with E-state index in [0.29, 0.717) is 72.0 Å². The maximum Gasteiger partial charge on any atom is 0.272 e. The predicted octanol–water partition coefficient (Wildman–Crippen LogP) is 2.94. The highest BCUT2D eigenvalue weighted by atomic mass is 16.7. The molecule has 0 atom stereocenters. The van der Waals surface area contributed by atoms with Gasteiger partial charge < -0.3 is 24.3 Å². The predicted molar refractivity (Wildman–Crippen MR) is 126 cm³/mol. The number of piperidine rings is 1. The Morgan fingerprint density at radius 1 is 1.09 bits per heavy atom. The van der Waals surface area contributed by atoms with E-state index in [1.807, 2.05) is 6.92 Å². The first-order valence-corrected chi connectivity index (χ1v) is 11.5. The molecule has 2 aromatic carbocycles. The molecule has 176 valence electrons. The number of hydrogen-bond acceptors (Lipinski definition) is 6. The smallest absolute Gasteiger partial charge is 0.272 e. The minimum atomic E-state index is -0.172. The highest BCUT2D eigenvalue weighted by molar-refractivity contribution is 5.98. The molecular weight excluding hydrogens is 436 g/mol. The molecule has 2 aliphatic rings. The lowest BCUT2D eigenvalue weighted by molar-refractivity contribution is -0.121. The number of amides is 2. The Morgan fingerprint density at radius 3 is 2.62 bits per heavy atom. The van der Waals surface area contributed by atoms with E-state index < -0.39 is 0 Å². The second-order valence-electron chi connectivity index (χ2n) is 8.57. The highest BCUT2D eigenvalue weighted by Gasteiger charge is 2.28. The number of anilines is 1. The van der Waals surface area contributed by atoms with E-state index in [2.05, 4.69) is 10.3 Å². The van der Waals surface area contributed by atoms with Gasteiger partial charge in [-0.25, -0.2) is 4.98 Å². The van der Waals surface area contributed by atoms with Gasteiger partial charge in [0.1, 0.15) is 5.69 Å². The summed E-state index contributed by atoms with van der Waals surface area (Å²) < 4.78 is 12.3. The Labute approximate surface area is 196 Å². The summed E-state index contributed by atoms with van der Waals surface area (Å²) in [5.74, 6) is 0.963. The first kappa shape index (κ1) is 21.9. The van der Waals surface area contributed by atoms with Gasteiger partial charge in [-0.15, -0.1) is 0 Å². The number of rotatable bonds is 4. The van der Waals surface area contributed by atoms with Crippen molar-refractivity contribution in [2.24, 2.45) is 5.92 Å². The van der Waals surface area contributed by atoms with Crippen LogP contribution in [0, 0.1) is 12.8 Å². The molecule has 1 aromatic heterocycles. The van der Waals surface area contributed by atoms with Crippen LogP contribution in [0.5, 0.6) is 11.5 Å². The number of nitrogens with zero attached hydrogens (tertiary/aromatic N) is 3. The Morgan fingerprint density at radius 2 is 1.85 bits per heavy atom. The molecule has 9 heteroatoms. The first-order chi connectivity index (χ1) is 16.4. The number of carbonyl (C=O) groups is 2. The summed E-state index contributed by atoms with van der Waals surface area (Å²) in [6.07, 6.45) is 1.17. The number of likely N-dealkylation sites (tertiary alicyclic amines) is 1. The van der Waals surface area contributed by atoms with E-state index in [1.165, 1.54) is 0 Å². The third-order valence-electron chi connectivity index (χ3n) is 6.47. The van der Waals surface area contributed by atoms with E-state index in [1.54, 1.807) is 52.8 Å². The molecule has 0 spiro atoms. The summed E-state index contributed by atoms with van der Waals surface area (Å²) in [6.45, 7) is 5.31. The van der Waals surface area contributed by atoms with Gasteiger partial charge in [-0.1, -0.05) is 0 Å². The largest absolute Gasteiger partial charge is 0.454 e. The van der Waals surface area contributed by atoms with Crippen LogP contribution in [0.1, 0.15) is 35.8 Å². The van der Waals surface area contributed by atoms with Crippen LogP contribution in [-0.4, -0.2) is 46.1 Å². The van der Waals surface area contributed by atoms with E-state index >= 15 is 0 Å². The molecule has 3 aromatic rings. The second-order valence-corrected chi connectivity index (χ2v) is 8.57. The highest BCUT2D eigenvalue weighted by Crippen LogP contribution is 2.34. The number of aromatic nitrogens is 2. The van der Waals surface area contributed by atoms with Crippen LogP contribution in [-0.2, 0) is 11.3 Å². The molecule has 1 saturated heterocycles. The standard InChI is InChI=1S/C25H26N4O5/c1-3-29-20-6-4-17(12-19(20)26-15(2)24(29)31)25(32)28-10-8-16(9-11-28)23(30)27-18-5-7-21-22(13-18)34-14-33-21/h4-7,12-13,16H,3,8-11,14H2,1-2H3,(H,27,30). The summed E-state index contributed by atoms with van der Waals surface area (Å²) in [5.41, 5.74) is 2.83. The van der Waals surface area contributed by atoms with Crippen LogP contribution < -0.4 is 20.3 Å². The summed E-state index contributed by atoms with van der Waals surface area (Å²) in [7, 11) is 0. The van der Waals surface area contributed by atoms with Gasteiger partial charge >= 0.3 is 0 Å². The van der Waals surface area contributed by atoms with Crippen molar-refractivity contribution in [2.75, 3.05) is 25.2 Å². The zero-order chi connectivity index (χ0) is 23.8. The van der Waals surface area contributed by atoms with E-state index in [0.717, 1.165) is 0 Å². The van der Waals surface area contributed by atoms with Crippen molar-refractivity contribution < 1.29 is 19.1 Å². The molecule has 0 radical (unpaired) electrons. The monoisotopic (exact) mass is 462 g/mol. The Kier molecular flexibility index (Phi) is 5.69. The van der Waals surface area contributed by atoms with Gasteiger partial charge in [-0.3, -0.25) is 14.4 Å². The van der Waals surface area contributed by atoms with Gasteiger partial charge in [0.25, 0.3) is 11.5 Å². The maximum absolute atomic E-state index is 13.1. The third kappa shape index (κ3) is 3.98. The molecule has 1 N–H and O–H groups in total. The van der Waals surface area contributed by atoms with Crippen molar-refractivity contribution in [3.63, 3.8) is 0 Å². The molecule has 2 amide bonds. The fraction of sp³-hybridized carbons (Fsp3) is 0.360. The number of carbonyl (C=O) groups excluding carboxylic acids is 2. The molecule has 34 heavy (non-hydrogen) atoms. The zero-order valence-electron chi connectivity index (χ0n) is 19.2. The van der Waals surface area contributed by atoms with Crippen LogP contribution in [0.2, 0.25) is 0 Å². The van der Waals surface area contributed by atoms with Crippen LogP contribution in [0.25, 0.3) is 11.0 Å². The fourth-order valence-electron chi connectivity index (χ4n) is 4.57. The normalized spacial score (nSPS) is 15.5. The number of aryl methyl sites for hydroxylation is 2. The lowest BCUT2D eigenvalue weighted by Crippen LogP contribution is -2.41. The molecule has 0 saturated carbocycles. The molecule has 1 fully saturated rings. The molecule has 5 rings (SSSR count). The summed E-state index contributed by atoms with van der Waals surface area (Å²) in [6, 6.07) is 10.6. The van der Waals surface area contributed by atoms with Gasteiger partial charge in [0.05, 0.1) is 11.0 Å². The topological polar surface area (TPSA) is 103 Å². The van der Waals surface area contributed by atoms with E-state index in [9.17, 15) is 14.4 Å². The van der Waals surface area contributed by atoms with Crippen molar-refractivity contribution in [2.45, 2.75) is 33.2 Å². The SMILES string of the molecule is CCn1c(=O)c(C)nc2cc(C(=O)N3CCC(C(=O)Nc4ccc5c(c4)OCO5)CC3)ccc21. The number of fused-ring (bicyclic) bond motifs is 2. The summed E-state index contributed by atoms with van der Waals surface area (Å²) >= 11 is 0. The van der Waals surface area contributed by atoms with Gasteiger partial charge in [0, 0.05) is 42.9 Å². The molecule has 9 nitrogen and oxygen atoms in total. The fourth-order valence-corrected chi connectivity index (χ4v) is 4.57. The number of ether oxygens (including phenoxy) is 2. The lowest BCUT2D eigenvalue weighted by atomic mass is 9.95. The van der Waals surface area contributed by atoms with Crippen molar-refractivity contribution in [3.8, 4) is 11.5 Å². The lowest BCUT2D eigenvalue weighted by Gasteiger charge is -2.31. The second kappa shape index (κ2) is 8.81. The van der Waals surface area contributed by atoms with Crippen molar-refractivity contribution in [1.29, 1.82) is 0 Å². The quantitative estimate of drug-likeness (QED) is 0.640. The number of nitrogens with one attached hydrogen (secondary N) is 1. The Bertz CT molecular complexity index is 1340. The van der Waals surface area contributed by atoms with Crippen molar-refractivity contribution >= 4 is 28.5 Å². The van der Waals surface area contributed by atoms with Gasteiger partial charge in [0.15, 0.2) is 11.5 Å². The van der Waals surface area contributed by atoms with Crippen molar-refractivity contribution in [3.05, 3.63) is 58.0 Å². The minimum absolute atomic E-state index is 0.0612. The van der Waals surface area contributed by atoms with Gasteiger partial charge in [0.2, 0.25) is 12.7 Å². The number of benzene rings is 2. The third-order valence-corrected chi connectivity index (χ3v) is 6.47. The molecule has 0 aliphatic carbocycles. The molecular formula is C25H26N4O5. The average Bonchev–Trinajstić information content (AvgIpc) is 3.32.